The van der Waals surface area contributed by atoms with Gasteiger partial charge in [0.1, 0.15) is 25.6 Å². The monoisotopic (exact) mass is 438 g/mol. The lowest BCUT2D eigenvalue weighted by atomic mass is 10.3. The Morgan fingerprint density at radius 3 is 2.50 bits per heavy atom. The maximum Gasteiger partial charge on any atom is 0.264 e. The van der Waals surface area contributed by atoms with E-state index in [0.717, 1.165) is 16.4 Å². The third kappa shape index (κ3) is 5.00. The van der Waals surface area contributed by atoms with Gasteiger partial charge in [0.05, 0.1) is 17.2 Å². The highest BCUT2D eigenvalue weighted by atomic mass is 32.2. The van der Waals surface area contributed by atoms with Crippen LogP contribution in [0.4, 0.5) is 10.1 Å². The number of benzene rings is 2. The summed E-state index contributed by atoms with van der Waals surface area (Å²) in [6, 6.07) is 8.80. The molecule has 1 aliphatic rings. The van der Waals surface area contributed by atoms with Gasteiger partial charge in [-0.25, -0.2) is 12.8 Å². The summed E-state index contributed by atoms with van der Waals surface area (Å²) >= 11 is 0. The van der Waals surface area contributed by atoms with E-state index in [2.05, 4.69) is 5.32 Å². The zero-order chi connectivity index (χ0) is 21.7. The van der Waals surface area contributed by atoms with Gasteiger partial charge in [-0.1, -0.05) is 0 Å². The second-order valence-corrected chi connectivity index (χ2v) is 8.58. The van der Waals surface area contributed by atoms with Crippen LogP contribution in [0, 0.1) is 5.82 Å². The lowest BCUT2D eigenvalue weighted by Crippen LogP contribution is -2.44. The average molecular weight is 438 g/mol. The van der Waals surface area contributed by atoms with Gasteiger partial charge in [0.25, 0.3) is 10.0 Å². The minimum atomic E-state index is -4.16. The van der Waals surface area contributed by atoms with Gasteiger partial charge < -0.3 is 19.5 Å². The molecule has 3 rings (SSSR count). The summed E-state index contributed by atoms with van der Waals surface area (Å²) in [6.45, 7) is 2.20. The molecular formula is C20H23FN2O6S. The van der Waals surface area contributed by atoms with Crippen molar-refractivity contribution < 1.29 is 31.8 Å². The summed E-state index contributed by atoms with van der Waals surface area (Å²) < 4.78 is 57.0. The van der Waals surface area contributed by atoms with Crippen molar-refractivity contribution in [3.63, 3.8) is 0 Å². The predicted molar refractivity (Wildman–Crippen MR) is 108 cm³/mol. The normalized spacial score (nSPS) is 14.1. The summed E-state index contributed by atoms with van der Waals surface area (Å²) in [5.41, 5.74) is 0.154. The van der Waals surface area contributed by atoms with Crippen LogP contribution in [0.15, 0.2) is 47.4 Å². The number of hydrogen-bond donors (Lipinski definition) is 1. The number of amides is 1. The van der Waals surface area contributed by atoms with Crippen LogP contribution in [0.25, 0.3) is 0 Å². The number of ether oxygens (including phenoxy) is 3. The van der Waals surface area contributed by atoms with Gasteiger partial charge in [0, 0.05) is 19.2 Å². The van der Waals surface area contributed by atoms with Crippen molar-refractivity contribution in [1.29, 1.82) is 0 Å². The quantitative estimate of drug-likeness (QED) is 0.677. The van der Waals surface area contributed by atoms with Crippen LogP contribution in [0.5, 0.6) is 11.5 Å². The first-order valence-electron chi connectivity index (χ1n) is 9.27. The molecule has 0 fully saturated rings. The van der Waals surface area contributed by atoms with E-state index in [9.17, 15) is 17.6 Å². The Labute approximate surface area is 174 Å². The Hall–Kier alpha value is -2.85. The number of halogens is 1. The second-order valence-electron chi connectivity index (χ2n) is 6.72. The van der Waals surface area contributed by atoms with Crippen molar-refractivity contribution in [3.8, 4) is 11.5 Å². The number of hydrogen-bond acceptors (Lipinski definition) is 6. The number of nitrogens with zero attached hydrogens (tertiary/aromatic N) is 1. The molecule has 2 aromatic rings. The molecular weight excluding hydrogens is 415 g/mol. The molecule has 0 aromatic heterocycles. The van der Waals surface area contributed by atoms with Crippen LogP contribution >= 0.6 is 0 Å². The van der Waals surface area contributed by atoms with E-state index in [1.165, 1.54) is 37.4 Å². The predicted octanol–water partition coefficient (Wildman–Crippen LogP) is 1.94. The van der Waals surface area contributed by atoms with E-state index in [4.69, 9.17) is 14.2 Å². The molecule has 0 unspecified atom stereocenters. The maximum absolute atomic E-state index is 13.4. The van der Waals surface area contributed by atoms with E-state index in [1.807, 2.05) is 0 Å². The number of methoxy groups -OCH3 is 1. The van der Waals surface area contributed by atoms with E-state index in [-0.39, 0.29) is 23.2 Å². The van der Waals surface area contributed by atoms with Crippen molar-refractivity contribution in [2.24, 2.45) is 0 Å². The smallest absolute Gasteiger partial charge is 0.264 e. The summed E-state index contributed by atoms with van der Waals surface area (Å²) in [6.07, 6.45) is 0. The van der Waals surface area contributed by atoms with Gasteiger partial charge in [0.15, 0.2) is 11.5 Å². The van der Waals surface area contributed by atoms with Gasteiger partial charge in [-0.2, -0.15) is 0 Å². The van der Waals surface area contributed by atoms with E-state index >= 15 is 0 Å². The van der Waals surface area contributed by atoms with Crippen LogP contribution in [-0.2, 0) is 19.6 Å². The molecule has 162 valence electrons. The second kappa shape index (κ2) is 9.31. The number of rotatable bonds is 8. The van der Waals surface area contributed by atoms with Crippen molar-refractivity contribution in [2.45, 2.75) is 17.9 Å². The number of carbonyl (C=O) groups is 1. The molecule has 1 heterocycles. The number of carbonyl (C=O) groups excluding carboxylic acids is 1. The standard InChI is InChI=1S/C20H23FN2O6S/c1-14(13-27-2)22-20(24)12-23(16-5-3-15(21)4-6-16)30(25,26)17-7-8-18-19(11-17)29-10-9-28-18/h3-8,11,14H,9-10,12-13H2,1-2H3,(H,22,24)/t14-/m0/s1. The molecule has 30 heavy (non-hydrogen) atoms. The maximum atomic E-state index is 13.4. The van der Waals surface area contributed by atoms with E-state index in [0.29, 0.717) is 24.7 Å². The minimum Gasteiger partial charge on any atom is -0.486 e. The SMILES string of the molecule is COC[C@H](C)NC(=O)CN(c1ccc(F)cc1)S(=O)(=O)c1ccc2c(c1)OCCO2. The zero-order valence-electron chi connectivity index (χ0n) is 16.6. The fourth-order valence-electron chi connectivity index (χ4n) is 2.98. The average Bonchev–Trinajstić information content (AvgIpc) is 2.72. The third-order valence-corrected chi connectivity index (χ3v) is 6.10. The highest BCUT2D eigenvalue weighted by Gasteiger charge is 2.29. The number of nitrogens with one attached hydrogen (secondary N) is 1. The Balaban J connectivity index is 1.94. The Kier molecular flexibility index (Phi) is 6.78. The summed E-state index contributed by atoms with van der Waals surface area (Å²) in [5.74, 6) is -0.294. The first-order chi connectivity index (χ1) is 14.3. The molecule has 10 heteroatoms. The molecule has 8 nitrogen and oxygen atoms in total. The molecule has 2 aromatic carbocycles. The first-order valence-corrected chi connectivity index (χ1v) is 10.7. The molecule has 0 spiro atoms. The van der Waals surface area contributed by atoms with Gasteiger partial charge in [-0.05, 0) is 43.3 Å². The van der Waals surface area contributed by atoms with Gasteiger partial charge in [-0.15, -0.1) is 0 Å². The lowest BCUT2D eigenvalue weighted by molar-refractivity contribution is -0.120. The molecule has 1 amide bonds. The fourth-order valence-corrected chi connectivity index (χ4v) is 4.41. The molecule has 0 saturated heterocycles. The fraction of sp³-hybridized carbons (Fsp3) is 0.350. The largest absolute Gasteiger partial charge is 0.486 e. The van der Waals surface area contributed by atoms with Crippen molar-refractivity contribution >= 4 is 21.6 Å². The van der Waals surface area contributed by atoms with Crippen molar-refractivity contribution in [3.05, 3.63) is 48.3 Å². The molecule has 1 atom stereocenters. The zero-order valence-corrected chi connectivity index (χ0v) is 17.4. The van der Waals surface area contributed by atoms with E-state index < -0.39 is 28.3 Å². The number of fused-ring (bicyclic) bond motifs is 1. The van der Waals surface area contributed by atoms with Crippen molar-refractivity contribution in [2.75, 3.05) is 37.8 Å². The van der Waals surface area contributed by atoms with Gasteiger partial charge >= 0.3 is 0 Å². The van der Waals surface area contributed by atoms with Crippen LogP contribution in [0.2, 0.25) is 0 Å². The van der Waals surface area contributed by atoms with Crippen molar-refractivity contribution in [1.82, 2.24) is 5.32 Å². The summed E-state index contributed by atoms with van der Waals surface area (Å²) in [5, 5.41) is 2.68. The molecule has 0 saturated carbocycles. The Morgan fingerprint density at radius 2 is 1.83 bits per heavy atom. The molecule has 0 aliphatic carbocycles. The topological polar surface area (TPSA) is 94.2 Å². The lowest BCUT2D eigenvalue weighted by Gasteiger charge is -2.26. The van der Waals surface area contributed by atoms with E-state index in [1.54, 1.807) is 6.92 Å². The summed E-state index contributed by atoms with van der Waals surface area (Å²) in [4.78, 5) is 12.4. The molecule has 1 N–H and O–H groups in total. The molecule has 1 aliphatic heterocycles. The minimum absolute atomic E-state index is 0.0752. The molecule has 0 radical (unpaired) electrons. The van der Waals surface area contributed by atoms with Crippen LogP contribution in [0.1, 0.15) is 6.92 Å². The highest BCUT2D eigenvalue weighted by Crippen LogP contribution is 2.34. The number of sulfonamides is 1. The van der Waals surface area contributed by atoms with Gasteiger partial charge in [-0.3, -0.25) is 9.10 Å². The highest BCUT2D eigenvalue weighted by molar-refractivity contribution is 7.92. The summed E-state index contributed by atoms with van der Waals surface area (Å²) in [7, 11) is -2.66. The van der Waals surface area contributed by atoms with Gasteiger partial charge in [0.2, 0.25) is 5.91 Å². The van der Waals surface area contributed by atoms with Crippen LogP contribution in [0.3, 0.4) is 0 Å². The Bertz CT molecular complexity index is 997. The van der Waals surface area contributed by atoms with Crippen LogP contribution < -0.4 is 19.1 Å². The Morgan fingerprint density at radius 1 is 1.17 bits per heavy atom. The number of anilines is 1. The van der Waals surface area contributed by atoms with Crippen LogP contribution in [-0.4, -0.2) is 53.8 Å². The molecule has 0 bridgehead atoms. The first kappa shape index (κ1) is 21.8. The third-order valence-electron chi connectivity index (χ3n) is 4.33.